The molecule has 0 heterocycles. The van der Waals surface area contributed by atoms with E-state index in [2.05, 4.69) is 0 Å². The lowest BCUT2D eigenvalue weighted by molar-refractivity contribution is -0.117. The molecular weight excluding hydrogens is 236 g/mol. The van der Waals surface area contributed by atoms with E-state index in [0.29, 0.717) is 19.4 Å². The van der Waals surface area contributed by atoms with E-state index < -0.39 is 0 Å². The van der Waals surface area contributed by atoms with Crippen LogP contribution in [0.5, 0.6) is 5.75 Å². The minimum absolute atomic E-state index is 0.232. The van der Waals surface area contributed by atoms with Gasteiger partial charge < -0.3 is 4.74 Å². The van der Waals surface area contributed by atoms with Crippen LogP contribution in [0.4, 0.5) is 0 Å². The Morgan fingerprint density at radius 1 is 0.895 bits per heavy atom. The molecule has 0 aliphatic heterocycles. The lowest BCUT2D eigenvalue weighted by Gasteiger charge is -2.05. The molecule has 2 nitrogen and oxygen atoms in total. The number of hydrogen-bond donors (Lipinski definition) is 0. The van der Waals surface area contributed by atoms with Gasteiger partial charge in [-0.3, -0.25) is 4.79 Å². The summed E-state index contributed by atoms with van der Waals surface area (Å²) in [7, 11) is 0. The normalized spacial score (nSPS) is 10.2. The highest BCUT2D eigenvalue weighted by Crippen LogP contribution is 2.13. The van der Waals surface area contributed by atoms with Crippen molar-refractivity contribution in [2.45, 2.75) is 19.8 Å². The first-order valence-electron chi connectivity index (χ1n) is 6.55. The molecule has 2 aromatic rings. The van der Waals surface area contributed by atoms with Crippen molar-refractivity contribution in [1.29, 1.82) is 0 Å². The first kappa shape index (κ1) is 13.3. The van der Waals surface area contributed by atoms with Gasteiger partial charge in [-0.25, -0.2) is 0 Å². The second-order valence-electron chi connectivity index (χ2n) is 4.45. The van der Waals surface area contributed by atoms with Crippen molar-refractivity contribution in [3.8, 4) is 5.75 Å². The van der Waals surface area contributed by atoms with Crippen LogP contribution in [0.25, 0.3) is 0 Å². The quantitative estimate of drug-likeness (QED) is 0.789. The molecule has 98 valence electrons. The summed E-state index contributed by atoms with van der Waals surface area (Å²) in [6.45, 7) is 2.61. The molecule has 0 N–H and O–H groups in total. The van der Waals surface area contributed by atoms with Crippen LogP contribution in [0.15, 0.2) is 54.6 Å². The highest BCUT2D eigenvalue weighted by Gasteiger charge is 2.05. The van der Waals surface area contributed by atoms with Gasteiger partial charge in [-0.05, 0) is 30.2 Å². The van der Waals surface area contributed by atoms with Crippen LogP contribution in [0.2, 0.25) is 0 Å². The van der Waals surface area contributed by atoms with E-state index in [1.807, 2.05) is 61.5 Å². The van der Waals surface area contributed by atoms with Crippen molar-refractivity contribution < 1.29 is 9.53 Å². The van der Waals surface area contributed by atoms with Crippen molar-refractivity contribution in [3.63, 3.8) is 0 Å². The summed E-state index contributed by atoms with van der Waals surface area (Å²) in [5, 5.41) is 0. The number of rotatable bonds is 6. The molecule has 0 aromatic heterocycles. The van der Waals surface area contributed by atoms with Crippen molar-refractivity contribution in [2.24, 2.45) is 0 Å². The van der Waals surface area contributed by atoms with E-state index in [1.54, 1.807) is 0 Å². The molecule has 0 aliphatic rings. The average Bonchev–Trinajstić information content (AvgIpc) is 2.42. The summed E-state index contributed by atoms with van der Waals surface area (Å²) in [5.41, 5.74) is 2.10. The van der Waals surface area contributed by atoms with Crippen molar-refractivity contribution in [2.75, 3.05) is 6.61 Å². The largest absolute Gasteiger partial charge is 0.494 e. The minimum atomic E-state index is 0.232. The molecule has 0 spiro atoms. The number of ketones is 1. The van der Waals surface area contributed by atoms with Crippen molar-refractivity contribution in [3.05, 3.63) is 65.7 Å². The monoisotopic (exact) mass is 254 g/mol. The third kappa shape index (κ3) is 4.25. The van der Waals surface area contributed by atoms with Gasteiger partial charge in [0.2, 0.25) is 0 Å². The van der Waals surface area contributed by atoms with E-state index in [0.717, 1.165) is 16.9 Å². The lowest BCUT2D eigenvalue weighted by atomic mass is 10.0. The molecule has 0 aliphatic carbocycles. The van der Waals surface area contributed by atoms with E-state index in [9.17, 15) is 4.79 Å². The van der Waals surface area contributed by atoms with Gasteiger partial charge in [0.05, 0.1) is 6.61 Å². The predicted molar refractivity (Wildman–Crippen MR) is 76.5 cm³/mol. The van der Waals surface area contributed by atoms with Crippen molar-refractivity contribution >= 4 is 5.78 Å². The summed E-state index contributed by atoms with van der Waals surface area (Å²) < 4.78 is 5.38. The Kier molecular flexibility index (Phi) is 4.73. The number of carbonyl (C=O) groups is 1. The van der Waals surface area contributed by atoms with Gasteiger partial charge in [0.1, 0.15) is 11.5 Å². The fraction of sp³-hybridized carbons (Fsp3) is 0.235. The maximum absolute atomic E-state index is 12.0. The topological polar surface area (TPSA) is 26.3 Å². The SMILES string of the molecule is CCOc1ccc(CC(=O)Cc2ccccc2)cc1. The highest BCUT2D eigenvalue weighted by atomic mass is 16.5. The molecule has 2 heteroatoms. The smallest absolute Gasteiger partial charge is 0.141 e. The third-order valence-electron chi connectivity index (χ3n) is 2.88. The van der Waals surface area contributed by atoms with Gasteiger partial charge in [-0.2, -0.15) is 0 Å². The first-order valence-corrected chi connectivity index (χ1v) is 6.55. The number of benzene rings is 2. The van der Waals surface area contributed by atoms with Crippen LogP contribution in [-0.2, 0) is 17.6 Å². The van der Waals surface area contributed by atoms with Crippen LogP contribution in [0.1, 0.15) is 18.1 Å². The van der Waals surface area contributed by atoms with Gasteiger partial charge in [0.15, 0.2) is 0 Å². The molecule has 0 saturated heterocycles. The maximum atomic E-state index is 12.0. The minimum Gasteiger partial charge on any atom is -0.494 e. The fourth-order valence-corrected chi connectivity index (χ4v) is 1.98. The molecule has 0 bridgehead atoms. The molecule has 0 fully saturated rings. The predicted octanol–water partition coefficient (Wildman–Crippen LogP) is 3.44. The molecule has 0 atom stereocenters. The Hall–Kier alpha value is -2.09. The summed E-state index contributed by atoms with van der Waals surface area (Å²) >= 11 is 0. The van der Waals surface area contributed by atoms with E-state index >= 15 is 0 Å². The van der Waals surface area contributed by atoms with E-state index in [-0.39, 0.29) is 5.78 Å². The van der Waals surface area contributed by atoms with Crippen LogP contribution >= 0.6 is 0 Å². The molecule has 0 radical (unpaired) electrons. The summed E-state index contributed by atoms with van der Waals surface area (Å²) in [6.07, 6.45) is 0.968. The second-order valence-corrected chi connectivity index (χ2v) is 4.45. The molecule has 0 unspecified atom stereocenters. The molecule has 19 heavy (non-hydrogen) atoms. The second kappa shape index (κ2) is 6.74. The standard InChI is InChI=1S/C17H18O2/c1-2-19-17-10-8-15(9-11-17)13-16(18)12-14-6-4-3-5-7-14/h3-11H,2,12-13H2,1H3. The highest BCUT2D eigenvalue weighted by molar-refractivity contribution is 5.83. The van der Waals surface area contributed by atoms with Crippen LogP contribution in [0, 0.1) is 0 Å². The van der Waals surface area contributed by atoms with Gasteiger partial charge >= 0.3 is 0 Å². The summed E-state index contributed by atoms with van der Waals surface area (Å²) in [6, 6.07) is 17.6. The van der Waals surface area contributed by atoms with Gasteiger partial charge in [0, 0.05) is 12.8 Å². The Morgan fingerprint density at radius 2 is 1.47 bits per heavy atom. The Morgan fingerprint density at radius 3 is 2.05 bits per heavy atom. The average molecular weight is 254 g/mol. The number of ether oxygens (including phenoxy) is 1. The molecule has 2 aromatic carbocycles. The van der Waals surface area contributed by atoms with Crippen molar-refractivity contribution in [1.82, 2.24) is 0 Å². The Labute approximate surface area is 114 Å². The maximum Gasteiger partial charge on any atom is 0.141 e. The van der Waals surface area contributed by atoms with Gasteiger partial charge in [-0.1, -0.05) is 42.5 Å². The molecule has 0 saturated carbocycles. The first-order chi connectivity index (χ1) is 9.28. The van der Waals surface area contributed by atoms with Gasteiger partial charge in [-0.15, -0.1) is 0 Å². The summed E-state index contributed by atoms with van der Waals surface area (Å²) in [5.74, 6) is 1.08. The number of carbonyl (C=O) groups excluding carboxylic acids is 1. The van der Waals surface area contributed by atoms with Gasteiger partial charge in [0.25, 0.3) is 0 Å². The zero-order valence-corrected chi connectivity index (χ0v) is 11.1. The number of Topliss-reactive ketones (excluding diaryl/α,β-unsaturated/α-hetero) is 1. The van der Waals surface area contributed by atoms with Crippen LogP contribution in [0.3, 0.4) is 0 Å². The van der Waals surface area contributed by atoms with Crippen LogP contribution in [-0.4, -0.2) is 12.4 Å². The zero-order chi connectivity index (χ0) is 13.5. The van der Waals surface area contributed by atoms with E-state index in [1.165, 1.54) is 0 Å². The third-order valence-corrected chi connectivity index (χ3v) is 2.88. The lowest BCUT2D eigenvalue weighted by Crippen LogP contribution is -2.06. The zero-order valence-electron chi connectivity index (χ0n) is 11.1. The summed E-state index contributed by atoms with van der Waals surface area (Å²) in [4.78, 5) is 12.0. The van der Waals surface area contributed by atoms with E-state index in [4.69, 9.17) is 4.74 Å². The molecular formula is C17H18O2. The Balaban J connectivity index is 1.91. The van der Waals surface area contributed by atoms with Crippen LogP contribution < -0.4 is 4.74 Å². The fourth-order valence-electron chi connectivity index (χ4n) is 1.98. The number of hydrogen-bond acceptors (Lipinski definition) is 2. The molecule has 0 amide bonds. The Bertz CT molecular complexity index is 515. The molecule has 2 rings (SSSR count).